The molecule has 2 amide bonds. The van der Waals surface area contributed by atoms with Gasteiger partial charge in [-0.25, -0.2) is 0 Å². The fourth-order valence-electron chi connectivity index (χ4n) is 1.66. The number of hydrogen-bond donors (Lipinski definition) is 3. The average Bonchev–Trinajstić information content (AvgIpc) is 2.66. The van der Waals surface area contributed by atoms with Crippen LogP contribution >= 0.6 is 24.8 Å². The summed E-state index contributed by atoms with van der Waals surface area (Å²) in [7, 11) is 0. The van der Waals surface area contributed by atoms with Crippen LogP contribution in [-0.2, 0) is 9.59 Å². The fourth-order valence-corrected chi connectivity index (χ4v) is 2.03. The number of allylic oxidation sites excluding steroid dienone is 4. The predicted octanol–water partition coefficient (Wildman–Crippen LogP) is 2.89. The molecule has 0 saturated carbocycles. The zero-order valence-corrected chi connectivity index (χ0v) is 14.3. The van der Waals surface area contributed by atoms with E-state index in [0.29, 0.717) is 4.91 Å². The highest BCUT2D eigenvalue weighted by molar-refractivity contribution is 7.85. The largest absolute Gasteiger partial charge is 0.327 e. The van der Waals surface area contributed by atoms with E-state index in [4.69, 9.17) is 0 Å². The Kier molecular flexibility index (Phi) is 10.5. The molecule has 1 rings (SSSR count). The minimum Gasteiger partial charge on any atom is -0.327 e. The Morgan fingerprint density at radius 3 is 2.67 bits per heavy atom. The standard InChI is InChI=1S/C13H16N2O2S2.C2H6/c1-9(16)15-11-4-2-3-10(5-6-11)7-12(19)13(17)14-8-18;1-2/h4-8,10,19H,2-3H2,1H3,(H,15,16)(H,14,17,18);1-2H3/b12-7+;. The van der Waals surface area contributed by atoms with Gasteiger partial charge in [-0.05, 0) is 24.8 Å². The second-order valence-corrected chi connectivity index (χ2v) is 4.80. The first-order chi connectivity index (χ1) is 10.0. The number of rotatable bonds is 4. The van der Waals surface area contributed by atoms with Gasteiger partial charge >= 0.3 is 0 Å². The number of amides is 2. The van der Waals surface area contributed by atoms with Gasteiger partial charge in [0, 0.05) is 12.6 Å². The lowest BCUT2D eigenvalue weighted by molar-refractivity contribution is -0.118. The van der Waals surface area contributed by atoms with Crippen LogP contribution in [0.15, 0.2) is 34.9 Å². The highest BCUT2D eigenvalue weighted by atomic mass is 32.1. The summed E-state index contributed by atoms with van der Waals surface area (Å²) in [6.45, 7) is 5.47. The van der Waals surface area contributed by atoms with E-state index in [0.717, 1.165) is 24.0 Å². The second kappa shape index (κ2) is 11.3. The molecule has 2 N–H and O–H groups in total. The van der Waals surface area contributed by atoms with E-state index in [-0.39, 0.29) is 17.7 Å². The number of hydrogen-bond acceptors (Lipinski definition) is 4. The number of carbonyl (C=O) groups excluding carboxylic acids is 2. The molecular weight excluding hydrogens is 304 g/mol. The molecule has 0 aromatic rings. The molecule has 6 heteroatoms. The van der Waals surface area contributed by atoms with Gasteiger partial charge in [0.05, 0.1) is 10.4 Å². The van der Waals surface area contributed by atoms with Crippen molar-refractivity contribution >= 4 is 42.2 Å². The van der Waals surface area contributed by atoms with Gasteiger partial charge in [0.2, 0.25) is 5.91 Å². The number of carbonyl (C=O) groups is 2. The van der Waals surface area contributed by atoms with Crippen LogP contribution in [0.2, 0.25) is 0 Å². The van der Waals surface area contributed by atoms with Gasteiger partial charge in [-0.2, -0.15) is 0 Å². The van der Waals surface area contributed by atoms with Crippen LogP contribution in [0.5, 0.6) is 0 Å². The molecule has 0 spiro atoms. The minimum absolute atomic E-state index is 0.0971. The zero-order chi connectivity index (χ0) is 16.3. The van der Waals surface area contributed by atoms with Crippen LogP contribution in [0, 0.1) is 5.92 Å². The minimum atomic E-state index is -0.314. The molecule has 0 radical (unpaired) electrons. The van der Waals surface area contributed by atoms with Crippen LogP contribution < -0.4 is 10.6 Å². The molecule has 21 heavy (non-hydrogen) atoms. The Balaban J connectivity index is 0.00000191. The van der Waals surface area contributed by atoms with Crippen molar-refractivity contribution in [3.63, 3.8) is 0 Å². The Bertz CT molecular complexity index is 468. The predicted molar refractivity (Wildman–Crippen MR) is 94.0 cm³/mol. The Morgan fingerprint density at radius 2 is 2.10 bits per heavy atom. The highest BCUT2D eigenvalue weighted by Gasteiger charge is 2.10. The lowest BCUT2D eigenvalue weighted by Crippen LogP contribution is -2.20. The van der Waals surface area contributed by atoms with Gasteiger partial charge in [-0.15, -0.1) is 12.6 Å². The van der Waals surface area contributed by atoms with Crippen molar-refractivity contribution < 1.29 is 9.59 Å². The van der Waals surface area contributed by atoms with E-state index in [1.807, 2.05) is 32.1 Å². The smallest absolute Gasteiger partial charge is 0.261 e. The Morgan fingerprint density at radius 1 is 1.43 bits per heavy atom. The van der Waals surface area contributed by atoms with E-state index in [2.05, 4.69) is 35.5 Å². The summed E-state index contributed by atoms with van der Waals surface area (Å²) in [6.07, 6.45) is 9.19. The fraction of sp³-hybridized carbons (Fsp3) is 0.400. The molecule has 1 unspecified atom stereocenters. The monoisotopic (exact) mass is 326 g/mol. The first-order valence-corrected chi connectivity index (χ1v) is 7.76. The third-order valence-electron chi connectivity index (χ3n) is 2.50. The van der Waals surface area contributed by atoms with Crippen molar-refractivity contribution in [1.29, 1.82) is 0 Å². The molecule has 0 bridgehead atoms. The molecule has 0 aromatic heterocycles. The molecule has 0 heterocycles. The zero-order valence-electron chi connectivity index (χ0n) is 12.6. The Labute approximate surface area is 137 Å². The van der Waals surface area contributed by atoms with Crippen LogP contribution in [-0.4, -0.2) is 17.3 Å². The van der Waals surface area contributed by atoms with Gasteiger partial charge in [0.25, 0.3) is 5.91 Å². The van der Waals surface area contributed by atoms with Gasteiger partial charge in [0.15, 0.2) is 0 Å². The lowest BCUT2D eigenvalue weighted by Gasteiger charge is -2.06. The third kappa shape index (κ3) is 8.47. The number of nitrogens with one attached hydrogen (secondary N) is 2. The summed E-state index contributed by atoms with van der Waals surface area (Å²) in [5.41, 5.74) is 1.94. The summed E-state index contributed by atoms with van der Waals surface area (Å²) in [5, 5.41) is 5.13. The summed E-state index contributed by atoms with van der Waals surface area (Å²) < 4.78 is 0. The number of thiol groups is 1. The molecule has 0 aromatic carbocycles. The quantitative estimate of drug-likeness (QED) is 0.423. The van der Waals surface area contributed by atoms with E-state index in [1.165, 1.54) is 6.92 Å². The maximum absolute atomic E-state index is 11.5. The summed E-state index contributed by atoms with van der Waals surface area (Å²) in [5.74, 6) is -0.308. The van der Waals surface area contributed by atoms with E-state index >= 15 is 0 Å². The van der Waals surface area contributed by atoms with E-state index in [1.54, 1.807) is 6.08 Å². The lowest BCUT2D eigenvalue weighted by atomic mass is 10.0. The van der Waals surface area contributed by atoms with Crippen LogP contribution in [0.25, 0.3) is 0 Å². The molecular formula is C15H22N2O2S2. The van der Waals surface area contributed by atoms with Crippen molar-refractivity contribution in [2.75, 3.05) is 0 Å². The average molecular weight is 326 g/mol. The van der Waals surface area contributed by atoms with Gasteiger partial charge in [-0.3, -0.25) is 9.59 Å². The topological polar surface area (TPSA) is 58.2 Å². The first-order valence-electron chi connectivity index (χ1n) is 6.84. The van der Waals surface area contributed by atoms with Gasteiger partial charge in [0.1, 0.15) is 0 Å². The van der Waals surface area contributed by atoms with Gasteiger partial charge in [-0.1, -0.05) is 44.3 Å². The Hall–Kier alpha value is -1.40. The second-order valence-electron chi connectivity index (χ2n) is 4.08. The molecule has 1 atom stereocenters. The summed E-state index contributed by atoms with van der Waals surface area (Å²) in [4.78, 5) is 22.8. The normalized spacial score (nSPS) is 17.6. The van der Waals surface area contributed by atoms with Crippen molar-refractivity contribution in [2.24, 2.45) is 5.92 Å². The summed E-state index contributed by atoms with van der Waals surface area (Å²) in [6, 6.07) is 0. The highest BCUT2D eigenvalue weighted by Crippen LogP contribution is 2.19. The summed E-state index contributed by atoms with van der Waals surface area (Å²) >= 11 is 8.69. The first kappa shape index (κ1) is 19.6. The van der Waals surface area contributed by atoms with Crippen molar-refractivity contribution in [1.82, 2.24) is 10.6 Å². The van der Waals surface area contributed by atoms with Gasteiger partial charge < -0.3 is 10.6 Å². The molecule has 0 saturated heterocycles. The maximum Gasteiger partial charge on any atom is 0.261 e. The maximum atomic E-state index is 11.5. The molecule has 0 aliphatic heterocycles. The van der Waals surface area contributed by atoms with E-state index in [9.17, 15) is 9.59 Å². The van der Waals surface area contributed by atoms with Crippen LogP contribution in [0.1, 0.15) is 33.6 Å². The molecule has 4 nitrogen and oxygen atoms in total. The van der Waals surface area contributed by atoms with Crippen LogP contribution in [0.4, 0.5) is 0 Å². The molecule has 1 aliphatic rings. The molecule has 116 valence electrons. The van der Waals surface area contributed by atoms with Crippen molar-refractivity contribution in [3.8, 4) is 0 Å². The molecule has 0 fully saturated rings. The third-order valence-corrected chi connectivity index (χ3v) is 2.97. The van der Waals surface area contributed by atoms with Crippen molar-refractivity contribution in [3.05, 3.63) is 34.9 Å². The number of thiocarbonyl (C=S) groups is 1. The van der Waals surface area contributed by atoms with E-state index < -0.39 is 0 Å². The molecule has 1 aliphatic carbocycles. The van der Waals surface area contributed by atoms with Crippen molar-refractivity contribution in [2.45, 2.75) is 33.6 Å². The van der Waals surface area contributed by atoms with Crippen LogP contribution in [0.3, 0.4) is 0 Å². The SMILES string of the molecule is CC.CC(=O)NC1=CCCC(/C=C(/S)C(=O)NC=S)C=C1.